The number of benzene rings is 1. The van der Waals surface area contributed by atoms with Gasteiger partial charge in [-0.3, -0.25) is 4.90 Å². The Morgan fingerprint density at radius 1 is 1.39 bits per heavy atom. The van der Waals surface area contributed by atoms with Crippen LogP contribution < -0.4 is 10.6 Å². The maximum atomic E-state index is 12.0. The third kappa shape index (κ3) is 1.76. The van der Waals surface area contributed by atoms with E-state index in [9.17, 15) is 4.79 Å². The summed E-state index contributed by atoms with van der Waals surface area (Å²) in [5.41, 5.74) is 7.04. The Kier molecular flexibility index (Phi) is 2.72. The molecule has 3 rings (SSSR count). The maximum absolute atomic E-state index is 12.0. The molecule has 1 spiro atoms. The van der Waals surface area contributed by atoms with Crippen molar-refractivity contribution in [2.45, 2.75) is 18.6 Å². The summed E-state index contributed by atoms with van der Waals surface area (Å²) in [5.74, 6) is 0. The highest BCUT2D eigenvalue weighted by atomic mass is 16.6. The van der Waals surface area contributed by atoms with E-state index in [4.69, 9.17) is 15.2 Å². The van der Waals surface area contributed by atoms with Crippen LogP contribution in [0.25, 0.3) is 0 Å². The lowest BCUT2D eigenvalue weighted by Gasteiger charge is -2.19. The first-order valence-corrected chi connectivity index (χ1v) is 6.10. The number of hydrogen-bond donors (Lipinski definition) is 1. The van der Waals surface area contributed by atoms with Gasteiger partial charge in [0.25, 0.3) is 0 Å². The normalized spacial score (nSPS) is 26.9. The van der Waals surface area contributed by atoms with Crippen molar-refractivity contribution in [3.63, 3.8) is 0 Å². The number of ether oxygens (including phenoxy) is 2. The van der Waals surface area contributed by atoms with Crippen LogP contribution in [0.3, 0.4) is 0 Å². The number of rotatable bonds is 2. The van der Waals surface area contributed by atoms with Crippen molar-refractivity contribution in [1.82, 2.24) is 0 Å². The molecule has 2 aliphatic rings. The molecule has 2 aliphatic heterocycles. The fraction of sp³-hybridized carbons (Fsp3) is 0.462. The first-order valence-electron chi connectivity index (χ1n) is 6.10. The van der Waals surface area contributed by atoms with Gasteiger partial charge in [-0.25, -0.2) is 4.79 Å². The van der Waals surface area contributed by atoms with Crippen LogP contribution in [0.1, 0.15) is 12.0 Å². The highest BCUT2D eigenvalue weighted by molar-refractivity contribution is 5.91. The number of hydrogen-bond acceptors (Lipinski definition) is 4. The van der Waals surface area contributed by atoms with Gasteiger partial charge < -0.3 is 15.2 Å². The van der Waals surface area contributed by atoms with E-state index >= 15 is 0 Å². The molecule has 1 unspecified atom stereocenters. The second-order valence-electron chi connectivity index (χ2n) is 4.77. The lowest BCUT2D eigenvalue weighted by atomic mass is 10.0. The zero-order valence-electron chi connectivity index (χ0n) is 10.1. The lowest BCUT2D eigenvalue weighted by Crippen LogP contribution is -2.35. The Labute approximate surface area is 105 Å². The quantitative estimate of drug-likeness (QED) is 0.855. The third-order valence-corrected chi connectivity index (χ3v) is 3.54. The first-order chi connectivity index (χ1) is 8.74. The number of nitrogens with zero attached hydrogens (tertiary/aromatic N) is 1. The lowest BCUT2D eigenvalue weighted by molar-refractivity contribution is 0.0435. The van der Waals surface area contributed by atoms with Crippen LogP contribution in [0.15, 0.2) is 24.3 Å². The van der Waals surface area contributed by atoms with E-state index in [0.29, 0.717) is 26.3 Å². The second kappa shape index (κ2) is 4.26. The average Bonchev–Trinajstić information content (AvgIpc) is 2.97. The van der Waals surface area contributed by atoms with E-state index in [0.717, 1.165) is 17.7 Å². The van der Waals surface area contributed by atoms with Gasteiger partial charge in [0.2, 0.25) is 0 Å². The van der Waals surface area contributed by atoms with Crippen molar-refractivity contribution in [3.05, 3.63) is 29.8 Å². The smallest absolute Gasteiger partial charge is 0.415 e. The van der Waals surface area contributed by atoms with Crippen LogP contribution in [-0.2, 0) is 16.0 Å². The van der Waals surface area contributed by atoms with Gasteiger partial charge in [-0.15, -0.1) is 0 Å². The summed E-state index contributed by atoms with van der Waals surface area (Å²) < 4.78 is 10.8. The molecule has 1 aromatic rings. The number of amides is 1. The largest absolute Gasteiger partial charge is 0.438 e. The molecule has 18 heavy (non-hydrogen) atoms. The minimum atomic E-state index is -0.460. The Morgan fingerprint density at radius 3 is 2.94 bits per heavy atom. The first kappa shape index (κ1) is 11.5. The third-order valence-electron chi connectivity index (χ3n) is 3.54. The van der Waals surface area contributed by atoms with Crippen molar-refractivity contribution in [3.8, 4) is 0 Å². The van der Waals surface area contributed by atoms with Gasteiger partial charge >= 0.3 is 6.09 Å². The number of carbonyl (C=O) groups excluding carboxylic acids is 1. The van der Waals surface area contributed by atoms with Crippen molar-refractivity contribution in [2.24, 2.45) is 5.73 Å². The van der Waals surface area contributed by atoms with E-state index in [1.807, 2.05) is 24.3 Å². The summed E-state index contributed by atoms with van der Waals surface area (Å²) in [6, 6.07) is 7.65. The van der Waals surface area contributed by atoms with Crippen LogP contribution in [0.4, 0.5) is 10.5 Å². The van der Waals surface area contributed by atoms with Crippen LogP contribution >= 0.6 is 0 Å². The topological polar surface area (TPSA) is 64.8 Å². The summed E-state index contributed by atoms with van der Waals surface area (Å²) in [5, 5.41) is 0. The molecule has 1 aromatic carbocycles. The number of nitrogens with two attached hydrogens (primary N) is 1. The van der Waals surface area contributed by atoms with Gasteiger partial charge in [-0.2, -0.15) is 0 Å². The van der Waals surface area contributed by atoms with Crippen molar-refractivity contribution < 1.29 is 14.3 Å². The fourth-order valence-electron chi connectivity index (χ4n) is 2.55. The van der Waals surface area contributed by atoms with E-state index < -0.39 is 5.60 Å². The molecule has 96 valence electrons. The molecule has 0 bridgehead atoms. The van der Waals surface area contributed by atoms with Crippen molar-refractivity contribution in [2.75, 3.05) is 24.7 Å². The molecule has 2 fully saturated rings. The summed E-state index contributed by atoms with van der Waals surface area (Å²) >= 11 is 0. The summed E-state index contributed by atoms with van der Waals surface area (Å²) in [7, 11) is 0. The molecule has 0 aliphatic carbocycles. The van der Waals surface area contributed by atoms with Crippen LogP contribution in [0.2, 0.25) is 0 Å². The molecule has 0 radical (unpaired) electrons. The molecule has 2 saturated heterocycles. The van der Waals surface area contributed by atoms with E-state index in [1.54, 1.807) is 4.90 Å². The molecular weight excluding hydrogens is 232 g/mol. The highest BCUT2D eigenvalue weighted by Crippen LogP contribution is 2.34. The predicted molar refractivity (Wildman–Crippen MR) is 66.3 cm³/mol. The molecule has 2 N–H and O–H groups in total. The number of anilines is 1. The molecule has 5 nitrogen and oxygen atoms in total. The van der Waals surface area contributed by atoms with Crippen LogP contribution in [0, 0.1) is 0 Å². The summed E-state index contributed by atoms with van der Waals surface area (Å²) in [6.07, 6.45) is 0.460. The zero-order chi connectivity index (χ0) is 12.6. The maximum Gasteiger partial charge on any atom is 0.415 e. The number of para-hydroxylation sites is 1. The summed E-state index contributed by atoms with van der Waals surface area (Å²) in [4.78, 5) is 13.7. The van der Waals surface area contributed by atoms with E-state index in [2.05, 4.69) is 0 Å². The van der Waals surface area contributed by atoms with Gasteiger partial charge in [0.05, 0.1) is 25.4 Å². The Bertz CT molecular complexity index is 469. The van der Waals surface area contributed by atoms with Crippen molar-refractivity contribution >= 4 is 11.8 Å². The monoisotopic (exact) mass is 248 g/mol. The van der Waals surface area contributed by atoms with Crippen molar-refractivity contribution in [1.29, 1.82) is 0 Å². The second-order valence-corrected chi connectivity index (χ2v) is 4.77. The standard InChI is InChI=1S/C13H16N2O3/c14-7-10-3-1-2-4-11(10)15-8-13(18-12(15)16)5-6-17-9-13/h1-4H,5-9,14H2. The Hall–Kier alpha value is -1.59. The minimum absolute atomic E-state index is 0.304. The van der Waals surface area contributed by atoms with Gasteiger partial charge in [0.1, 0.15) is 0 Å². The Balaban J connectivity index is 1.91. The highest BCUT2D eigenvalue weighted by Gasteiger charge is 2.48. The molecule has 1 atom stereocenters. The van der Waals surface area contributed by atoms with Crippen LogP contribution in [0.5, 0.6) is 0 Å². The molecular formula is C13H16N2O3. The number of carbonyl (C=O) groups is 1. The van der Waals surface area contributed by atoms with Gasteiger partial charge in [-0.05, 0) is 11.6 Å². The van der Waals surface area contributed by atoms with Gasteiger partial charge in [-0.1, -0.05) is 18.2 Å². The molecule has 5 heteroatoms. The molecule has 0 saturated carbocycles. The predicted octanol–water partition coefficient (Wildman–Crippen LogP) is 1.26. The summed E-state index contributed by atoms with van der Waals surface area (Å²) in [6.45, 7) is 2.09. The van der Waals surface area contributed by atoms with Crippen LogP contribution in [-0.4, -0.2) is 31.5 Å². The van der Waals surface area contributed by atoms with Gasteiger partial charge in [0.15, 0.2) is 5.60 Å². The molecule has 1 amide bonds. The average molecular weight is 248 g/mol. The Morgan fingerprint density at radius 2 is 2.22 bits per heavy atom. The molecule has 0 aromatic heterocycles. The van der Waals surface area contributed by atoms with Gasteiger partial charge in [0, 0.05) is 13.0 Å². The zero-order valence-corrected chi connectivity index (χ0v) is 10.1. The van der Waals surface area contributed by atoms with E-state index in [-0.39, 0.29) is 6.09 Å². The molecule has 2 heterocycles. The minimum Gasteiger partial charge on any atom is -0.438 e. The SMILES string of the molecule is NCc1ccccc1N1CC2(CCOC2)OC1=O. The fourth-order valence-corrected chi connectivity index (χ4v) is 2.55. The van der Waals surface area contributed by atoms with E-state index in [1.165, 1.54) is 0 Å².